The molecule has 4 heteroatoms. The number of hydrogen-bond donors (Lipinski definition) is 0. The molecule has 0 amide bonds. The Morgan fingerprint density at radius 3 is 0.857 bits per heavy atom. The first-order valence-corrected chi connectivity index (χ1v) is 18.9. The molecule has 0 aromatic heterocycles. The lowest BCUT2D eigenvalue weighted by atomic mass is 10.4. The van der Waals surface area contributed by atoms with Crippen LogP contribution < -0.4 is 0 Å². The highest BCUT2D eigenvalue weighted by molar-refractivity contribution is 8.31. The van der Waals surface area contributed by atoms with E-state index in [1.165, 1.54) is 0 Å². The molecule has 0 nitrogen and oxygen atoms in total. The van der Waals surface area contributed by atoms with Gasteiger partial charge in [0.25, 0.3) is 0 Å². The van der Waals surface area contributed by atoms with Crippen LogP contribution >= 0.6 is 22.4 Å². The van der Waals surface area contributed by atoms with Crippen LogP contribution in [0.25, 0.3) is 0 Å². The molecule has 0 aliphatic rings. The van der Waals surface area contributed by atoms with Crippen molar-refractivity contribution in [2.75, 3.05) is 0 Å². The molecule has 0 radical (unpaired) electrons. The van der Waals surface area contributed by atoms with Gasteiger partial charge in [-0.05, 0) is 45.4 Å². The summed E-state index contributed by atoms with van der Waals surface area (Å²) < 4.78 is 0. The zero-order valence-electron chi connectivity index (χ0n) is 20.6. The Morgan fingerprint density at radius 2 is 0.679 bits per heavy atom. The van der Waals surface area contributed by atoms with E-state index in [1.807, 2.05) is 0 Å². The summed E-state index contributed by atoms with van der Waals surface area (Å²) in [6, 6.07) is 9.36. The minimum atomic E-state index is -1.54. The molecule has 1 aromatic carbocycles. The third-order valence-corrected chi connectivity index (χ3v) is 31.6. The minimum Gasteiger partial charge on any atom is -0.149 e. The van der Waals surface area contributed by atoms with Crippen molar-refractivity contribution in [3.63, 3.8) is 0 Å². The van der Waals surface area contributed by atoms with Crippen LogP contribution in [0.5, 0.6) is 0 Å². The van der Waals surface area contributed by atoms with Crippen molar-refractivity contribution in [3.05, 3.63) is 24.3 Å². The first-order chi connectivity index (χ1) is 12.8. The Balaban J connectivity index is 3.48. The molecule has 0 N–H and O–H groups in total. The predicted molar refractivity (Wildman–Crippen MR) is 140 cm³/mol. The molecule has 0 atom stereocenters. The maximum Gasteiger partial charge on any atom is 0.131 e. The zero-order valence-corrected chi connectivity index (χ0v) is 24.2. The van der Waals surface area contributed by atoms with Gasteiger partial charge in [-0.1, -0.05) is 95.2 Å². The van der Waals surface area contributed by atoms with Gasteiger partial charge in [0.15, 0.2) is 0 Å². The number of hydrogen-bond acceptors (Lipinski definition) is 2. The fraction of sp³-hybridized carbons (Fsp3) is 0.750. The van der Waals surface area contributed by atoms with Crippen molar-refractivity contribution in [3.8, 4) is 0 Å². The topological polar surface area (TPSA) is 0 Å². The van der Waals surface area contributed by atoms with Gasteiger partial charge in [0, 0.05) is 9.79 Å². The number of rotatable bonds is 10. The Kier molecular flexibility index (Phi) is 9.98. The molecule has 0 spiro atoms. The first kappa shape index (κ1) is 26.4. The van der Waals surface area contributed by atoms with Gasteiger partial charge in [-0.25, -0.2) is 0 Å². The van der Waals surface area contributed by atoms with E-state index < -0.39 is 14.4 Å². The SMILES string of the molecule is CC(C)[Si](Sc1ccccc1S[Si](C(C)C)(C(C)C)C(C)C)(C(C)C)C(C)C. The summed E-state index contributed by atoms with van der Waals surface area (Å²) in [5.74, 6) is 0. The largest absolute Gasteiger partial charge is 0.149 e. The van der Waals surface area contributed by atoms with Gasteiger partial charge in [-0.3, -0.25) is 0 Å². The molecule has 0 fully saturated rings. The molecule has 0 aliphatic heterocycles. The molecule has 162 valence electrons. The second-order valence-corrected chi connectivity index (χ2v) is 27.4. The average Bonchev–Trinajstić information content (AvgIpc) is 2.56. The minimum absolute atomic E-state index is 0.776. The highest BCUT2D eigenvalue weighted by Gasteiger charge is 2.47. The van der Waals surface area contributed by atoms with Crippen LogP contribution in [0.1, 0.15) is 83.1 Å². The van der Waals surface area contributed by atoms with Crippen molar-refractivity contribution >= 4 is 36.9 Å². The van der Waals surface area contributed by atoms with Crippen molar-refractivity contribution in [1.29, 1.82) is 0 Å². The van der Waals surface area contributed by atoms with Crippen LogP contribution in [0, 0.1) is 0 Å². The Bertz CT molecular complexity index is 510. The summed E-state index contributed by atoms with van der Waals surface area (Å²) in [5.41, 5.74) is 4.65. The lowest BCUT2D eigenvalue weighted by molar-refractivity contribution is 0.849. The van der Waals surface area contributed by atoms with Gasteiger partial charge < -0.3 is 0 Å². The van der Waals surface area contributed by atoms with Crippen LogP contribution in [0.2, 0.25) is 33.2 Å². The lowest BCUT2D eigenvalue weighted by Gasteiger charge is -2.44. The monoisotopic (exact) mass is 454 g/mol. The highest BCUT2D eigenvalue weighted by atomic mass is 32.4. The summed E-state index contributed by atoms with van der Waals surface area (Å²) in [7, 11) is -3.08. The third-order valence-electron chi connectivity index (χ3n) is 6.84. The molecule has 0 aliphatic carbocycles. The van der Waals surface area contributed by atoms with Crippen LogP contribution in [0.4, 0.5) is 0 Å². The first-order valence-electron chi connectivity index (χ1n) is 11.3. The van der Waals surface area contributed by atoms with Crippen LogP contribution in [0.15, 0.2) is 34.1 Å². The van der Waals surface area contributed by atoms with E-state index in [0.717, 1.165) is 33.2 Å². The van der Waals surface area contributed by atoms with Crippen molar-refractivity contribution in [2.45, 2.75) is 126 Å². The fourth-order valence-corrected chi connectivity index (χ4v) is 24.8. The smallest absolute Gasteiger partial charge is 0.131 e. The predicted octanol–water partition coefficient (Wildman–Crippen LogP) is 10.2. The van der Waals surface area contributed by atoms with Gasteiger partial charge in [-0.2, -0.15) is 0 Å². The zero-order chi connectivity index (χ0) is 21.9. The molecule has 0 bridgehead atoms. The van der Waals surface area contributed by atoms with Gasteiger partial charge in [0.1, 0.15) is 14.4 Å². The number of benzene rings is 1. The summed E-state index contributed by atoms with van der Waals surface area (Å²) in [5, 5.41) is 0. The average molecular weight is 455 g/mol. The van der Waals surface area contributed by atoms with E-state index in [-0.39, 0.29) is 0 Å². The van der Waals surface area contributed by atoms with Gasteiger partial charge in [-0.15, -0.1) is 22.4 Å². The lowest BCUT2D eigenvalue weighted by Crippen LogP contribution is -2.42. The van der Waals surface area contributed by atoms with E-state index in [9.17, 15) is 0 Å². The standard InChI is InChI=1S/C24H46S2Si2/c1-17(2)27(18(3)4,19(5)6)25-23-15-13-14-16-24(23)26-28(20(7)8,21(9)10)22(11)12/h13-22H,1-12H3. The van der Waals surface area contributed by atoms with Crippen LogP contribution in [-0.4, -0.2) is 14.4 Å². The molecule has 0 saturated carbocycles. The van der Waals surface area contributed by atoms with Crippen LogP contribution in [0.3, 0.4) is 0 Å². The maximum atomic E-state index is 2.48. The van der Waals surface area contributed by atoms with E-state index in [1.54, 1.807) is 9.79 Å². The van der Waals surface area contributed by atoms with Gasteiger partial charge in [0.05, 0.1) is 0 Å². The highest BCUT2D eigenvalue weighted by Crippen LogP contribution is 2.57. The molecule has 0 saturated heterocycles. The van der Waals surface area contributed by atoms with Crippen molar-refractivity contribution < 1.29 is 0 Å². The molecule has 1 rings (SSSR count). The Labute approximate surface area is 186 Å². The van der Waals surface area contributed by atoms with Crippen molar-refractivity contribution in [1.82, 2.24) is 0 Å². The Morgan fingerprint density at radius 1 is 0.464 bits per heavy atom. The van der Waals surface area contributed by atoms with Gasteiger partial charge in [0.2, 0.25) is 0 Å². The van der Waals surface area contributed by atoms with E-state index >= 15 is 0 Å². The third kappa shape index (κ3) is 5.15. The molecule has 1 aromatic rings. The summed E-state index contributed by atoms with van der Waals surface area (Å²) in [4.78, 5) is 3.13. The normalized spacial score (nSPS) is 13.8. The van der Waals surface area contributed by atoms with E-state index in [0.29, 0.717) is 0 Å². The second kappa shape index (κ2) is 10.6. The molecular weight excluding hydrogens is 409 g/mol. The summed E-state index contributed by atoms with van der Waals surface area (Å²) in [6.07, 6.45) is 0. The summed E-state index contributed by atoms with van der Waals surface area (Å²) >= 11 is 4.61. The Hall–Kier alpha value is 0.354. The maximum absolute atomic E-state index is 2.48. The molecule has 0 heterocycles. The second-order valence-electron chi connectivity index (χ2n) is 10.3. The molecule has 28 heavy (non-hydrogen) atoms. The van der Waals surface area contributed by atoms with Gasteiger partial charge >= 0.3 is 0 Å². The quantitative estimate of drug-likeness (QED) is 0.322. The molecule has 0 unspecified atom stereocenters. The molecular formula is C24H46S2Si2. The van der Waals surface area contributed by atoms with Crippen LogP contribution in [-0.2, 0) is 0 Å². The van der Waals surface area contributed by atoms with E-state index in [4.69, 9.17) is 0 Å². The fourth-order valence-electron chi connectivity index (χ4n) is 5.71. The summed E-state index contributed by atoms with van der Waals surface area (Å²) in [6.45, 7) is 29.7. The van der Waals surface area contributed by atoms with E-state index in [2.05, 4.69) is 130 Å². The van der Waals surface area contributed by atoms with Crippen molar-refractivity contribution in [2.24, 2.45) is 0 Å².